The van der Waals surface area contributed by atoms with Crippen molar-refractivity contribution < 1.29 is 13.2 Å². The Morgan fingerprint density at radius 3 is 2.54 bits per heavy atom. The van der Waals surface area contributed by atoms with Gasteiger partial charge in [-0.25, -0.2) is 8.42 Å². The van der Waals surface area contributed by atoms with E-state index in [1.165, 1.54) is 21.3 Å². The summed E-state index contributed by atoms with van der Waals surface area (Å²) in [5.41, 5.74) is 3.34. The van der Waals surface area contributed by atoms with Gasteiger partial charge in [0.25, 0.3) is 0 Å². The topological polar surface area (TPSA) is 57.7 Å². The Bertz CT molecular complexity index is 1270. The SMILES string of the molecule is CCCCCN(CC(=O)N1CCc2sccc2C1c1ccccc1C)S(=O)(=O)c1ccc(Cl)cc1. The predicted octanol–water partition coefficient (Wildman–Crippen LogP) is 6.07. The lowest BCUT2D eigenvalue weighted by Crippen LogP contribution is -2.47. The number of sulfonamides is 1. The Morgan fingerprint density at radius 2 is 1.83 bits per heavy atom. The third-order valence-electron chi connectivity index (χ3n) is 6.54. The number of halogens is 1. The van der Waals surface area contributed by atoms with Crippen molar-refractivity contribution in [3.63, 3.8) is 0 Å². The third kappa shape index (κ3) is 5.64. The average molecular weight is 531 g/mol. The standard InChI is InChI=1S/C27H31ClN2O3S2/c1-3-4-7-16-29(35(32,33)22-12-10-21(28)11-13-22)19-26(31)30-17-14-25-24(15-18-34-25)27(30)23-9-6-5-8-20(23)2/h5-6,8-13,15,18,27H,3-4,7,14,16-17,19H2,1-2H3. The van der Waals surface area contributed by atoms with Gasteiger partial charge >= 0.3 is 0 Å². The highest BCUT2D eigenvalue weighted by molar-refractivity contribution is 7.89. The molecule has 1 aromatic heterocycles. The maximum Gasteiger partial charge on any atom is 0.243 e. The van der Waals surface area contributed by atoms with Gasteiger partial charge in [0.05, 0.1) is 17.5 Å². The zero-order valence-electron chi connectivity index (χ0n) is 20.1. The maximum atomic E-state index is 13.8. The molecule has 1 aliphatic rings. The normalized spacial score (nSPS) is 15.9. The predicted molar refractivity (Wildman–Crippen MR) is 142 cm³/mol. The number of carbonyl (C=O) groups excluding carboxylic acids is 1. The molecule has 2 heterocycles. The Kier molecular flexibility index (Phi) is 8.32. The van der Waals surface area contributed by atoms with Crippen LogP contribution in [0.5, 0.6) is 0 Å². The number of carbonyl (C=O) groups is 1. The number of hydrogen-bond acceptors (Lipinski definition) is 4. The van der Waals surface area contributed by atoms with Crippen LogP contribution >= 0.6 is 22.9 Å². The average Bonchev–Trinajstić information content (AvgIpc) is 3.32. The molecule has 1 aliphatic heterocycles. The molecule has 8 heteroatoms. The van der Waals surface area contributed by atoms with Gasteiger partial charge in [-0.2, -0.15) is 4.31 Å². The van der Waals surface area contributed by atoms with Gasteiger partial charge in [0.15, 0.2) is 0 Å². The second-order valence-electron chi connectivity index (χ2n) is 8.89. The molecule has 0 saturated heterocycles. The van der Waals surface area contributed by atoms with E-state index in [4.69, 9.17) is 11.6 Å². The van der Waals surface area contributed by atoms with Crippen LogP contribution in [0.3, 0.4) is 0 Å². The lowest BCUT2D eigenvalue weighted by atomic mass is 9.90. The van der Waals surface area contributed by atoms with Gasteiger partial charge in [-0.3, -0.25) is 4.79 Å². The van der Waals surface area contributed by atoms with Crippen molar-refractivity contribution in [3.8, 4) is 0 Å². The number of nitrogens with zero attached hydrogens (tertiary/aromatic N) is 2. The van der Waals surface area contributed by atoms with E-state index < -0.39 is 10.0 Å². The van der Waals surface area contributed by atoms with Gasteiger partial charge in [-0.1, -0.05) is 55.6 Å². The largest absolute Gasteiger partial charge is 0.330 e. The molecular weight excluding hydrogens is 500 g/mol. The molecule has 2 aromatic carbocycles. The number of benzene rings is 2. The van der Waals surface area contributed by atoms with Crippen molar-refractivity contribution in [3.05, 3.63) is 86.6 Å². The van der Waals surface area contributed by atoms with Crippen molar-refractivity contribution in [1.29, 1.82) is 0 Å². The summed E-state index contributed by atoms with van der Waals surface area (Å²) in [6.07, 6.45) is 3.34. The van der Waals surface area contributed by atoms with E-state index in [9.17, 15) is 13.2 Å². The van der Waals surface area contributed by atoms with E-state index in [1.54, 1.807) is 23.5 Å². The summed E-state index contributed by atoms with van der Waals surface area (Å²) in [6.45, 7) is 4.81. The number of aryl methyl sites for hydroxylation is 1. The first-order chi connectivity index (χ1) is 16.8. The third-order valence-corrected chi connectivity index (χ3v) is 9.65. The van der Waals surface area contributed by atoms with Crippen LogP contribution in [0.1, 0.15) is 53.8 Å². The summed E-state index contributed by atoms with van der Waals surface area (Å²) in [5.74, 6) is -0.177. The van der Waals surface area contributed by atoms with Crippen molar-refractivity contribution >= 4 is 38.9 Å². The molecule has 0 spiro atoms. The summed E-state index contributed by atoms with van der Waals surface area (Å²) in [6, 6.07) is 16.1. The van der Waals surface area contributed by atoms with Crippen molar-refractivity contribution in [2.24, 2.45) is 0 Å². The zero-order chi connectivity index (χ0) is 25.0. The van der Waals surface area contributed by atoms with Gasteiger partial charge in [0.2, 0.25) is 15.9 Å². The maximum absolute atomic E-state index is 13.8. The summed E-state index contributed by atoms with van der Waals surface area (Å²) >= 11 is 7.70. The van der Waals surface area contributed by atoms with Crippen LogP contribution in [0.25, 0.3) is 0 Å². The summed E-state index contributed by atoms with van der Waals surface area (Å²) < 4.78 is 28.4. The second-order valence-corrected chi connectivity index (χ2v) is 12.3. The van der Waals surface area contributed by atoms with Crippen LogP contribution in [0.2, 0.25) is 5.02 Å². The number of thiophene rings is 1. The molecule has 4 rings (SSSR count). The van der Waals surface area contributed by atoms with E-state index in [2.05, 4.69) is 37.4 Å². The molecule has 186 valence electrons. The van der Waals surface area contributed by atoms with Crippen LogP contribution in [-0.2, 0) is 21.2 Å². The van der Waals surface area contributed by atoms with Crippen LogP contribution in [-0.4, -0.2) is 43.2 Å². The molecule has 0 saturated carbocycles. The monoisotopic (exact) mass is 530 g/mol. The van der Waals surface area contributed by atoms with Crippen LogP contribution in [0.15, 0.2) is 64.9 Å². The summed E-state index contributed by atoms with van der Waals surface area (Å²) in [7, 11) is -3.84. The highest BCUT2D eigenvalue weighted by Gasteiger charge is 2.36. The molecule has 1 atom stereocenters. The van der Waals surface area contributed by atoms with E-state index >= 15 is 0 Å². The fourth-order valence-electron chi connectivity index (χ4n) is 4.63. The number of unbranched alkanes of at least 4 members (excludes halogenated alkanes) is 2. The number of rotatable bonds is 9. The van der Waals surface area contributed by atoms with Crippen molar-refractivity contribution in [2.75, 3.05) is 19.6 Å². The molecule has 35 heavy (non-hydrogen) atoms. The highest BCUT2D eigenvalue weighted by atomic mass is 35.5. The van der Waals surface area contributed by atoms with Gasteiger partial charge in [0, 0.05) is 23.0 Å². The fourth-order valence-corrected chi connectivity index (χ4v) is 7.09. The first-order valence-corrected chi connectivity index (χ1v) is 14.7. The number of fused-ring (bicyclic) bond motifs is 1. The van der Waals surface area contributed by atoms with Crippen LogP contribution in [0.4, 0.5) is 0 Å². The molecule has 0 bridgehead atoms. The molecule has 0 fully saturated rings. The lowest BCUT2D eigenvalue weighted by molar-refractivity contribution is -0.133. The van der Waals surface area contributed by atoms with Gasteiger partial charge in [0.1, 0.15) is 0 Å². The molecular formula is C27H31ClN2O3S2. The smallest absolute Gasteiger partial charge is 0.243 e. The molecule has 1 amide bonds. The quantitative estimate of drug-likeness (QED) is 0.316. The van der Waals surface area contributed by atoms with Gasteiger partial charge < -0.3 is 4.90 Å². The number of amides is 1. The zero-order valence-corrected chi connectivity index (χ0v) is 22.5. The molecule has 3 aromatic rings. The van der Waals surface area contributed by atoms with Crippen molar-refractivity contribution in [1.82, 2.24) is 9.21 Å². The Hall–Kier alpha value is -2.19. The minimum absolute atomic E-state index is 0.153. The van der Waals surface area contributed by atoms with E-state index in [0.717, 1.165) is 36.0 Å². The molecule has 5 nitrogen and oxygen atoms in total. The first kappa shape index (κ1) is 25.9. The Labute approximate surface area is 217 Å². The van der Waals surface area contributed by atoms with Crippen LogP contribution < -0.4 is 0 Å². The molecule has 0 radical (unpaired) electrons. The second kappa shape index (κ2) is 11.2. The van der Waals surface area contributed by atoms with Gasteiger partial charge in [-0.05, 0) is 72.2 Å². The van der Waals surface area contributed by atoms with E-state index in [1.807, 2.05) is 17.0 Å². The van der Waals surface area contributed by atoms with Crippen molar-refractivity contribution in [2.45, 2.75) is 50.5 Å². The van der Waals surface area contributed by atoms with Gasteiger partial charge in [-0.15, -0.1) is 11.3 Å². The highest BCUT2D eigenvalue weighted by Crippen LogP contribution is 2.39. The minimum atomic E-state index is -3.84. The van der Waals surface area contributed by atoms with E-state index in [-0.39, 0.29) is 23.4 Å². The van der Waals surface area contributed by atoms with E-state index in [0.29, 0.717) is 24.5 Å². The van der Waals surface area contributed by atoms with Crippen LogP contribution in [0, 0.1) is 6.92 Å². The molecule has 0 N–H and O–H groups in total. The molecule has 0 aliphatic carbocycles. The fraction of sp³-hybridized carbons (Fsp3) is 0.370. The summed E-state index contributed by atoms with van der Waals surface area (Å²) in [4.78, 5) is 17.1. The minimum Gasteiger partial charge on any atom is -0.330 e. The lowest BCUT2D eigenvalue weighted by Gasteiger charge is -2.38. The summed E-state index contributed by atoms with van der Waals surface area (Å²) in [5, 5.41) is 2.55. The Balaban J connectivity index is 1.65. The first-order valence-electron chi connectivity index (χ1n) is 12.0. The Morgan fingerprint density at radius 1 is 1.09 bits per heavy atom. The number of hydrogen-bond donors (Lipinski definition) is 0. The molecule has 1 unspecified atom stereocenters.